The number of carbonyl (C=O) groups excluding carboxylic acids is 1. The number of nitrogens with zero attached hydrogens (tertiary/aromatic N) is 1. The van der Waals surface area contributed by atoms with Crippen molar-refractivity contribution in [2.75, 3.05) is 11.1 Å². The minimum absolute atomic E-state index is 0.128. The van der Waals surface area contributed by atoms with Crippen LogP contribution in [0.15, 0.2) is 34.2 Å². The lowest BCUT2D eigenvalue weighted by molar-refractivity contribution is -0.113. The highest BCUT2D eigenvalue weighted by Crippen LogP contribution is 2.14. The summed E-state index contributed by atoms with van der Waals surface area (Å²) in [4.78, 5) is 30.8. The first kappa shape index (κ1) is 16.3. The average molecular weight is 317 g/mol. The maximum Gasteiger partial charge on any atom is 0.254 e. The van der Waals surface area contributed by atoms with Gasteiger partial charge in [-0.05, 0) is 32.4 Å². The number of amides is 1. The Balaban J connectivity index is 1.96. The van der Waals surface area contributed by atoms with Crippen LogP contribution in [-0.4, -0.2) is 21.6 Å². The summed E-state index contributed by atoms with van der Waals surface area (Å²) in [5.74, 6) is 0.0653. The van der Waals surface area contributed by atoms with Crippen molar-refractivity contribution in [1.29, 1.82) is 0 Å². The van der Waals surface area contributed by atoms with Crippen molar-refractivity contribution in [3.05, 3.63) is 51.4 Å². The summed E-state index contributed by atoms with van der Waals surface area (Å²) in [7, 11) is 0. The lowest BCUT2D eigenvalue weighted by atomic mass is 10.2. The van der Waals surface area contributed by atoms with Crippen LogP contribution in [0.2, 0.25) is 0 Å². The second kappa shape index (κ2) is 7.26. The molecule has 5 nitrogen and oxygen atoms in total. The maximum atomic E-state index is 11.9. The van der Waals surface area contributed by atoms with Gasteiger partial charge in [0.2, 0.25) is 5.91 Å². The van der Waals surface area contributed by atoms with Gasteiger partial charge in [-0.3, -0.25) is 9.59 Å². The summed E-state index contributed by atoms with van der Waals surface area (Å²) in [5, 5.41) is 3.28. The molecule has 0 saturated heterocycles. The second-order valence-corrected chi connectivity index (χ2v) is 5.96. The number of aromatic amines is 1. The SMILES string of the molecule is CCc1c(C)nc(SCC(=O)Nc2ccc(C)cc2)[nH]c1=O. The van der Waals surface area contributed by atoms with Gasteiger partial charge in [-0.2, -0.15) is 0 Å². The Morgan fingerprint density at radius 2 is 1.95 bits per heavy atom. The summed E-state index contributed by atoms with van der Waals surface area (Å²) in [6, 6.07) is 7.60. The number of hydrogen-bond acceptors (Lipinski definition) is 4. The number of aromatic nitrogens is 2. The molecule has 0 saturated carbocycles. The number of rotatable bonds is 5. The number of carbonyl (C=O) groups is 1. The quantitative estimate of drug-likeness (QED) is 0.657. The van der Waals surface area contributed by atoms with E-state index in [1.54, 1.807) is 0 Å². The van der Waals surface area contributed by atoms with Crippen LogP contribution in [0.3, 0.4) is 0 Å². The number of nitrogens with one attached hydrogen (secondary N) is 2. The number of benzene rings is 1. The summed E-state index contributed by atoms with van der Waals surface area (Å²) in [6.45, 7) is 5.72. The highest BCUT2D eigenvalue weighted by molar-refractivity contribution is 7.99. The Hall–Kier alpha value is -2.08. The zero-order chi connectivity index (χ0) is 16.1. The van der Waals surface area contributed by atoms with Crippen LogP contribution in [0.4, 0.5) is 5.69 Å². The van der Waals surface area contributed by atoms with Gasteiger partial charge < -0.3 is 10.3 Å². The molecular weight excluding hydrogens is 298 g/mol. The molecule has 0 spiro atoms. The Bertz CT molecular complexity index is 723. The first-order valence-corrected chi connectivity index (χ1v) is 8.07. The summed E-state index contributed by atoms with van der Waals surface area (Å²) in [5.41, 5.74) is 3.17. The molecule has 0 unspecified atom stereocenters. The highest BCUT2D eigenvalue weighted by atomic mass is 32.2. The Morgan fingerprint density at radius 3 is 2.55 bits per heavy atom. The highest BCUT2D eigenvalue weighted by Gasteiger charge is 2.09. The van der Waals surface area contributed by atoms with E-state index < -0.39 is 0 Å². The maximum absolute atomic E-state index is 11.9. The molecule has 22 heavy (non-hydrogen) atoms. The average Bonchev–Trinajstić information content (AvgIpc) is 2.47. The van der Waals surface area contributed by atoms with Crippen LogP contribution in [0, 0.1) is 13.8 Å². The third kappa shape index (κ3) is 4.21. The van der Waals surface area contributed by atoms with E-state index in [1.807, 2.05) is 45.0 Å². The molecule has 2 aromatic rings. The molecule has 116 valence electrons. The lowest BCUT2D eigenvalue weighted by Gasteiger charge is -2.07. The third-order valence-corrected chi connectivity index (χ3v) is 4.10. The minimum Gasteiger partial charge on any atom is -0.325 e. The molecular formula is C16H19N3O2S. The predicted molar refractivity (Wildman–Crippen MR) is 89.5 cm³/mol. The molecule has 2 rings (SSSR count). The van der Waals surface area contributed by atoms with E-state index in [-0.39, 0.29) is 17.2 Å². The van der Waals surface area contributed by atoms with E-state index in [4.69, 9.17) is 0 Å². The van der Waals surface area contributed by atoms with Crippen molar-refractivity contribution in [3.63, 3.8) is 0 Å². The monoisotopic (exact) mass is 317 g/mol. The van der Waals surface area contributed by atoms with Gasteiger partial charge in [0.25, 0.3) is 5.56 Å². The Kier molecular flexibility index (Phi) is 5.38. The molecule has 0 aliphatic heterocycles. The van der Waals surface area contributed by atoms with Crippen molar-refractivity contribution in [3.8, 4) is 0 Å². The molecule has 1 amide bonds. The van der Waals surface area contributed by atoms with Gasteiger partial charge in [0, 0.05) is 16.9 Å². The Labute approximate surface area is 133 Å². The normalized spacial score (nSPS) is 10.5. The fourth-order valence-electron chi connectivity index (χ4n) is 2.04. The van der Waals surface area contributed by atoms with E-state index in [0.717, 1.165) is 11.3 Å². The molecule has 2 N–H and O–H groups in total. The molecule has 1 aromatic carbocycles. The van der Waals surface area contributed by atoms with Crippen LogP contribution >= 0.6 is 11.8 Å². The van der Waals surface area contributed by atoms with Crippen molar-refractivity contribution in [2.45, 2.75) is 32.3 Å². The smallest absolute Gasteiger partial charge is 0.254 e. The lowest BCUT2D eigenvalue weighted by Crippen LogP contribution is -2.18. The van der Waals surface area contributed by atoms with E-state index >= 15 is 0 Å². The van der Waals surface area contributed by atoms with Gasteiger partial charge >= 0.3 is 0 Å². The first-order valence-electron chi connectivity index (χ1n) is 7.08. The van der Waals surface area contributed by atoms with Crippen molar-refractivity contribution in [2.24, 2.45) is 0 Å². The summed E-state index contributed by atoms with van der Waals surface area (Å²) >= 11 is 1.22. The fraction of sp³-hybridized carbons (Fsp3) is 0.312. The van der Waals surface area contributed by atoms with Crippen molar-refractivity contribution >= 4 is 23.4 Å². The van der Waals surface area contributed by atoms with Gasteiger partial charge in [0.1, 0.15) is 0 Å². The van der Waals surface area contributed by atoms with Gasteiger partial charge in [0.15, 0.2) is 5.16 Å². The first-order chi connectivity index (χ1) is 10.5. The molecule has 0 radical (unpaired) electrons. The summed E-state index contributed by atoms with van der Waals surface area (Å²) in [6.07, 6.45) is 0.646. The van der Waals surface area contributed by atoms with Crippen LogP contribution in [0.25, 0.3) is 0 Å². The molecule has 0 bridgehead atoms. The zero-order valence-corrected chi connectivity index (χ0v) is 13.7. The number of anilines is 1. The standard InChI is InChI=1S/C16H19N3O2S/c1-4-13-11(3)17-16(19-15(13)21)22-9-14(20)18-12-7-5-10(2)6-8-12/h5-8H,4,9H2,1-3H3,(H,18,20)(H,17,19,21). The largest absolute Gasteiger partial charge is 0.325 e. The molecule has 0 aliphatic rings. The molecule has 1 aromatic heterocycles. The van der Waals surface area contributed by atoms with Crippen LogP contribution in [0.5, 0.6) is 0 Å². The fourth-order valence-corrected chi connectivity index (χ4v) is 2.74. The van der Waals surface area contributed by atoms with Gasteiger partial charge in [0.05, 0.1) is 5.75 Å². The molecule has 0 fully saturated rings. The molecule has 6 heteroatoms. The van der Waals surface area contributed by atoms with Gasteiger partial charge in [-0.15, -0.1) is 0 Å². The van der Waals surface area contributed by atoms with E-state index in [9.17, 15) is 9.59 Å². The Morgan fingerprint density at radius 1 is 1.27 bits per heavy atom. The van der Waals surface area contributed by atoms with E-state index in [0.29, 0.717) is 22.8 Å². The van der Waals surface area contributed by atoms with Crippen molar-refractivity contribution in [1.82, 2.24) is 9.97 Å². The molecule has 0 aliphatic carbocycles. The predicted octanol–water partition coefficient (Wildman–Crippen LogP) is 2.68. The topological polar surface area (TPSA) is 74.8 Å². The minimum atomic E-state index is -0.131. The van der Waals surface area contributed by atoms with Crippen LogP contribution in [-0.2, 0) is 11.2 Å². The van der Waals surface area contributed by atoms with Gasteiger partial charge in [-0.1, -0.05) is 36.4 Å². The van der Waals surface area contributed by atoms with E-state index in [1.165, 1.54) is 11.8 Å². The molecule has 0 atom stereocenters. The van der Waals surface area contributed by atoms with Crippen LogP contribution in [0.1, 0.15) is 23.7 Å². The number of thioether (sulfide) groups is 1. The van der Waals surface area contributed by atoms with E-state index in [2.05, 4.69) is 15.3 Å². The summed E-state index contributed by atoms with van der Waals surface area (Å²) < 4.78 is 0. The zero-order valence-electron chi connectivity index (χ0n) is 12.9. The number of aryl methyl sites for hydroxylation is 2. The number of hydrogen-bond donors (Lipinski definition) is 2. The van der Waals surface area contributed by atoms with Crippen molar-refractivity contribution < 1.29 is 4.79 Å². The third-order valence-electron chi connectivity index (χ3n) is 3.23. The number of H-pyrrole nitrogens is 1. The van der Waals surface area contributed by atoms with Crippen LogP contribution < -0.4 is 10.9 Å². The molecule has 1 heterocycles. The second-order valence-electron chi connectivity index (χ2n) is 4.99. The van der Waals surface area contributed by atoms with Gasteiger partial charge in [-0.25, -0.2) is 4.98 Å².